The molecule has 6 nitrogen and oxygen atoms in total. The van der Waals surface area contributed by atoms with E-state index in [-0.39, 0.29) is 11.7 Å². The number of methoxy groups -OCH3 is 1. The molecule has 1 aromatic heterocycles. The van der Waals surface area contributed by atoms with E-state index in [9.17, 15) is 4.79 Å². The van der Waals surface area contributed by atoms with E-state index in [4.69, 9.17) is 9.47 Å². The van der Waals surface area contributed by atoms with E-state index >= 15 is 0 Å². The van der Waals surface area contributed by atoms with E-state index in [2.05, 4.69) is 21.8 Å². The van der Waals surface area contributed by atoms with Gasteiger partial charge in [-0.05, 0) is 13.0 Å². The number of aromatic amines is 1. The molecule has 1 aromatic rings. The standard InChI is InChI=1S/C13H21N3O3/c1-3-4-16-5-6-19-11(8-16)13-14-10(9-18-2)7-12(17)15-13/h7,11H,3-6,8-9H2,1-2H3,(H,14,15,17). The van der Waals surface area contributed by atoms with E-state index in [0.717, 1.165) is 26.1 Å². The third-order valence-electron chi connectivity index (χ3n) is 3.10. The lowest BCUT2D eigenvalue weighted by molar-refractivity contribution is -0.0345. The highest BCUT2D eigenvalue weighted by atomic mass is 16.5. The van der Waals surface area contributed by atoms with Crippen molar-refractivity contribution in [2.75, 3.05) is 33.4 Å². The van der Waals surface area contributed by atoms with Crippen LogP contribution in [0.25, 0.3) is 0 Å². The molecule has 1 N–H and O–H groups in total. The molecule has 106 valence electrons. The van der Waals surface area contributed by atoms with Crippen LogP contribution >= 0.6 is 0 Å². The molecule has 0 amide bonds. The zero-order valence-corrected chi connectivity index (χ0v) is 11.5. The van der Waals surface area contributed by atoms with Gasteiger partial charge in [-0.1, -0.05) is 6.92 Å². The van der Waals surface area contributed by atoms with Gasteiger partial charge in [0.05, 0.1) is 18.9 Å². The third-order valence-corrected chi connectivity index (χ3v) is 3.10. The Morgan fingerprint density at radius 3 is 3.21 bits per heavy atom. The quantitative estimate of drug-likeness (QED) is 0.850. The van der Waals surface area contributed by atoms with Crippen molar-refractivity contribution >= 4 is 0 Å². The maximum atomic E-state index is 11.6. The molecule has 0 saturated carbocycles. The van der Waals surface area contributed by atoms with Gasteiger partial charge in [0.15, 0.2) is 0 Å². The number of hydrogen-bond donors (Lipinski definition) is 1. The van der Waals surface area contributed by atoms with Crippen LogP contribution in [0.1, 0.15) is 31.0 Å². The summed E-state index contributed by atoms with van der Waals surface area (Å²) in [5.74, 6) is 0.598. The topological polar surface area (TPSA) is 67.5 Å². The molecule has 6 heteroatoms. The molecule has 19 heavy (non-hydrogen) atoms. The van der Waals surface area contributed by atoms with Crippen LogP contribution in [0.2, 0.25) is 0 Å². The normalized spacial score (nSPS) is 20.6. The van der Waals surface area contributed by atoms with Gasteiger partial charge in [0.25, 0.3) is 5.56 Å². The number of H-pyrrole nitrogens is 1. The van der Waals surface area contributed by atoms with Gasteiger partial charge >= 0.3 is 0 Å². The second-order valence-electron chi connectivity index (χ2n) is 4.72. The number of ether oxygens (including phenoxy) is 2. The predicted octanol–water partition coefficient (Wildman–Crippen LogP) is 0.700. The molecule has 2 heterocycles. The minimum Gasteiger partial charge on any atom is -0.378 e. The van der Waals surface area contributed by atoms with Crippen molar-refractivity contribution in [2.45, 2.75) is 26.1 Å². The van der Waals surface area contributed by atoms with Gasteiger partial charge in [0, 0.05) is 26.3 Å². The largest absolute Gasteiger partial charge is 0.378 e. The number of nitrogens with one attached hydrogen (secondary N) is 1. The highest BCUT2D eigenvalue weighted by Gasteiger charge is 2.23. The average molecular weight is 267 g/mol. The lowest BCUT2D eigenvalue weighted by atomic mass is 10.2. The maximum Gasteiger partial charge on any atom is 0.251 e. The minimum absolute atomic E-state index is 0.159. The van der Waals surface area contributed by atoms with Crippen molar-refractivity contribution in [1.29, 1.82) is 0 Å². The zero-order valence-electron chi connectivity index (χ0n) is 11.5. The molecule has 0 radical (unpaired) electrons. The molecular weight excluding hydrogens is 246 g/mol. The van der Waals surface area contributed by atoms with Crippen LogP contribution in [0.5, 0.6) is 0 Å². The molecular formula is C13H21N3O3. The molecule has 2 rings (SSSR count). The Bertz CT molecular complexity index is 459. The van der Waals surface area contributed by atoms with Crippen LogP contribution in [-0.4, -0.2) is 48.2 Å². The molecule has 1 saturated heterocycles. The molecule has 1 fully saturated rings. The molecule has 1 aliphatic rings. The second-order valence-corrected chi connectivity index (χ2v) is 4.72. The van der Waals surface area contributed by atoms with Crippen molar-refractivity contribution in [3.05, 3.63) is 27.9 Å². The van der Waals surface area contributed by atoms with Crippen molar-refractivity contribution in [1.82, 2.24) is 14.9 Å². The van der Waals surface area contributed by atoms with Crippen molar-refractivity contribution in [3.63, 3.8) is 0 Å². The summed E-state index contributed by atoms with van der Waals surface area (Å²) in [5.41, 5.74) is 0.478. The summed E-state index contributed by atoms with van der Waals surface area (Å²) in [4.78, 5) is 21.1. The van der Waals surface area contributed by atoms with Gasteiger partial charge < -0.3 is 14.5 Å². The monoisotopic (exact) mass is 267 g/mol. The summed E-state index contributed by atoms with van der Waals surface area (Å²) < 4.78 is 10.7. The Morgan fingerprint density at radius 1 is 1.63 bits per heavy atom. The fourth-order valence-corrected chi connectivity index (χ4v) is 2.29. The van der Waals surface area contributed by atoms with Gasteiger partial charge in [-0.2, -0.15) is 0 Å². The van der Waals surface area contributed by atoms with Gasteiger partial charge in [-0.15, -0.1) is 0 Å². The summed E-state index contributed by atoms with van der Waals surface area (Å²) in [5, 5.41) is 0. The van der Waals surface area contributed by atoms with Gasteiger partial charge in [-0.25, -0.2) is 4.98 Å². The number of morpholine rings is 1. The molecule has 0 aromatic carbocycles. The number of rotatable bonds is 5. The summed E-state index contributed by atoms with van der Waals surface area (Å²) in [6.07, 6.45) is 0.949. The van der Waals surface area contributed by atoms with Gasteiger partial charge in [0.2, 0.25) is 0 Å². The Hall–Kier alpha value is -1.24. The van der Waals surface area contributed by atoms with Gasteiger partial charge in [-0.3, -0.25) is 9.69 Å². The van der Waals surface area contributed by atoms with Crippen molar-refractivity contribution in [3.8, 4) is 0 Å². The average Bonchev–Trinajstić information content (AvgIpc) is 2.39. The number of hydrogen-bond acceptors (Lipinski definition) is 5. The fraction of sp³-hybridized carbons (Fsp3) is 0.692. The summed E-state index contributed by atoms with van der Waals surface area (Å²) >= 11 is 0. The van der Waals surface area contributed by atoms with Crippen LogP contribution in [-0.2, 0) is 16.1 Å². The fourth-order valence-electron chi connectivity index (χ4n) is 2.29. The summed E-state index contributed by atoms with van der Waals surface area (Å²) in [7, 11) is 1.59. The molecule has 1 aliphatic heterocycles. The maximum absolute atomic E-state index is 11.6. The lowest BCUT2D eigenvalue weighted by Gasteiger charge is -2.32. The zero-order chi connectivity index (χ0) is 13.7. The predicted molar refractivity (Wildman–Crippen MR) is 71.0 cm³/mol. The summed E-state index contributed by atoms with van der Waals surface area (Å²) in [6, 6.07) is 1.46. The molecule has 0 aliphatic carbocycles. The molecule has 1 atom stereocenters. The van der Waals surface area contributed by atoms with E-state index in [1.165, 1.54) is 6.07 Å². The minimum atomic E-state index is -0.162. The molecule has 0 spiro atoms. The lowest BCUT2D eigenvalue weighted by Crippen LogP contribution is -2.39. The first-order valence-electron chi connectivity index (χ1n) is 6.66. The molecule has 1 unspecified atom stereocenters. The SMILES string of the molecule is CCCN1CCOC(c2nc(COC)cc(=O)[nH]2)C1. The van der Waals surface area contributed by atoms with Crippen molar-refractivity contribution in [2.24, 2.45) is 0 Å². The van der Waals surface area contributed by atoms with Crippen molar-refractivity contribution < 1.29 is 9.47 Å². The van der Waals surface area contributed by atoms with E-state index in [0.29, 0.717) is 24.7 Å². The van der Waals surface area contributed by atoms with Crippen LogP contribution < -0.4 is 5.56 Å². The van der Waals surface area contributed by atoms with Gasteiger partial charge in [0.1, 0.15) is 11.9 Å². The smallest absolute Gasteiger partial charge is 0.251 e. The highest BCUT2D eigenvalue weighted by Crippen LogP contribution is 2.18. The number of aromatic nitrogens is 2. The van der Waals surface area contributed by atoms with E-state index in [1.54, 1.807) is 7.11 Å². The van der Waals surface area contributed by atoms with Crippen LogP contribution in [0.3, 0.4) is 0 Å². The first kappa shape index (κ1) is 14.2. The van der Waals surface area contributed by atoms with E-state index in [1.807, 2.05) is 0 Å². The Labute approximate surface area is 112 Å². The summed E-state index contributed by atoms with van der Waals surface area (Å²) in [6.45, 7) is 5.91. The van der Waals surface area contributed by atoms with E-state index < -0.39 is 0 Å². The van der Waals surface area contributed by atoms with Crippen LogP contribution in [0.15, 0.2) is 10.9 Å². The Kier molecular flexibility index (Phi) is 5.07. The third kappa shape index (κ3) is 3.86. The highest BCUT2D eigenvalue weighted by molar-refractivity contribution is 5.04. The first-order valence-corrected chi connectivity index (χ1v) is 6.66. The second kappa shape index (κ2) is 6.79. The Morgan fingerprint density at radius 2 is 2.47 bits per heavy atom. The number of nitrogens with zero attached hydrogens (tertiary/aromatic N) is 2. The first-order chi connectivity index (χ1) is 9.22. The Balaban J connectivity index is 2.13. The molecule has 0 bridgehead atoms. The van der Waals surface area contributed by atoms with Crippen LogP contribution in [0.4, 0.5) is 0 Å². The van der Waals surface area contributed by atoms with Crippen LogP contribution in [0, 0.1) is 0 Å².